The quantitative estimate of drug-likeness (QED) is 0.190. The summed E-state index contributed by atoms with van der Waals surface area (Å²) < 4.78 is 5.64. The van der Waals surface area contributed by atoms with Gasteiger partial charge in [0, 0.05) is 0 Å². The first-order valence-corrected chi connectivity index (χ1v) is 11.8. The van der Waals surface area contributed by atoms with Crippen molar-refractivity contribution in [3.8, 4) is 5.75 Å². The molecule has 1 unspecified atom stereocenters. The zero-order chi connectivity index (χ0) is 21.0. The van der Waals surface area contributed by atoms with E-state index in [9.17, 15) is 9.90 Å². The van der Waals surface area contributed by atoms with E-state index in [2.05, 4.69) is 19.1 Å². The van der Waals surface area contributed by atoms with E-state index in [1.165, 1.54) is 57.8 Å². The number of unbranched alkanes of at least 4 members (excludes halogenated alkanes) is 10. The molecule has 29 heavy (non-hydrogen) atoms. The van der Waals surface area contributed by atoms with Crippen LogP contribution < -0.4 is 4.74 Å². The van der Waals surface area contributed by atoms with E-state index >= 15 is 0 Å². The maximum Gasteiger partial charge on any atom is 0.306 e. The Morgan fingerprint density at radius 2 is 1.45 bits per heavy atom. The summed E-state index contributed by atoms with van der Waals surface area (Å²) in [5.41, 5.74) is 0. The van der Waals surface area contributed by atoms with E-state index < -0.39 is 5.97 Å². The molecule has 0 saturated heterocycles. The lowest BCUT2D eigenvalue weighted by atomic mass is 9.97. The summed E-state index contributed by atoms with van der Waals surface area (Å²) in [5.74, 6) is -0.184. The molecule has 0 bridgehead atoms. The first kappa shape index (κ1) is 25.3. The van der Waals surface area contributed by atoms with Gasteiger partial charge >= 0.3 is 5.97 Å². The summed E-state index contributed by atoms with van der Waals surface area (Å²) in [6.45, 7) is 2.72. The molecule has 0 fully saturated rings. The highest BCUT2D eigenvalue weighted by atomic mass is 16.5. The van der Waals surface area contributed by atoms with Gasteiger partial charge in [-0.05, 0) is 50.7 Å². The predicted octanol–water partition coefficient (Wildman–Crippen LogP) is 7.80. The maximum absolute atomic E-state index is 11.4. The molecule has 3 nitrogen and oxygen atoms in total. The fourth-order valence-corrected chi connectivity index (χ4v) is 3.51. The zero-order valence-electron chi connectivity index (χ0n) is 18.5. The van der Waals surface area contributed by atoms with Gasteiger partial charge in [0.05, 0.1) is 12.5 Å². The van der Waals surface area contributed by atoms with Crippen LogP contribution >= 0.6 is 0 Å². The molecule has 1 aromatic rings. The third kappa shape index (κ3) is 14.8. The first-order valence-electron chi connectivity index (χ1n) is 11.8. The first-order chi connectivity index (χ1) is 14.2. The number of hydrogen-bond donors (Lipinski definition) is 1. The van der Waals surface area contributed by atoms with E-state index in [1.807, 2.05) is 30.3 Å². The molecule has 0 aliphatic carbocycles. The van der Waals surface area contributed by atoms with Gasteiger partial charge in [-0.2, -0.15) is 0 Å². The Bertz CT molecular complexity index is 524. The van der Waals surface area contributed by atoms with E-state index in [1.54, 1.807) is 0 Å². The molecule has 1 rings (SSSR count). The lowest BCUT2D eigenvalue weighted by Crippen LogP contribution is -2.17. The minimum atomic E-state index is -0.695. The summed E-state index contributed by atoms with van der Waals surface area (Å²) in [7, 11) is 0. The van der Waals surface area contributed by atoms with Crippen LogP contribution in [0.4, 0.5) is 0 Å². The molecule has 0 amide bonds. The predicted molar refractivity (Wildman–Crippen MR) is 123 cm³/mol. The Kier molecular flexibility index (Phi) is 15.9. The van der Waals surface area contributed by atoms with Crippen molar-refractivity contribution in [2.45, 2.75) is 96.8 Å². The van der Waals surface area contributed by atoms with Crippen molar-refractivity contribution in [2.24, 2.45) is 5.92 Å². The van der Waals surface area contributed by atoms with Gasteiger partial charge < -0.3 is 9.84 Å². The van der Waals surface area contributed by atoms with Crippen molar-refractivity contribution in [1.29, 1.82) is 0 Å². The number of carbonyl (C=O) groups is 1. The van der Waals surface area contributed by atoms with Gasteiger partial charge in [0.1, 0.15) is 5.75 Å². The van der Waals surface area contributed by atoms with Gasteiger partial charge in [0.25, 0.3) is 0 Å². The smallest absolute Gasteiger partial charge is 0.306 e. The van der Waals surface area contributed by atoms with Crippen molar-refractivity contribution < 1.29 is 14.6 Å². The lowest BCUT2D eigenvalue weighted by Gasteiger charge is -2.13. The highest BCUT2D eigenvalue weighted by molar-refractivity contribution is 5.69. The fraction of sp³-hybridized carbons (Fsp3) is 0.654. The van der Waals surface area contributed by atoms with E-state index in [0.717, 1.165) is 31.4 Å². The van der Waals surface area contributed by atoms with Crippen LogP contribution in [-0.4, -0.2) is 17.7 Å². The number of benzene rings is 1. The van der Waals surface area contributed by atoms with Gasteiger partial charge in [-0.15, -0.1) is 0 Å². The molecule has 0 aliphatic heterocycles. The third-order valence-electron chi connectivity index (χ3n) is 5.39. The van der Waals surface area contributed by atoms with Gasteiger partial charge in [-0.25, -0.2) is 0 Å². The van der Waals surface area contributed by atoms with E-state index in [4.69, 9.17) is 4.74 Å². The Balaban J connectivity index is 1.97. The van der Waals surface area contributed by atoms with Crippen molar-refractivity contribution >= 4 is 5.97 Å². The Labute approximate surface area is 178 Å². The third-order valence-corrected chi connectivity index (χ3v) is 5.39. The second-order valence-corrected chi connectivity index (χ2v) is 8.00. The van der Waals surface area contributed by atoms with Crippen molar-refractivity contribution in [2.75, 3.05) is 6.61 Å². The number of allylic oxidation sites excluding steroid dienone is 2. The maximum atomic E-state index is 11.4. The average Bonchev–Trinajstić information content (AvgIpc) is 2.73. The Morgan fingerprint density at radius 3 is 2.07 bits per heavy atom. The molecule has 0 radical (unpaired) electrons. The highest BCUT2D eigenvalue weighted by Crippen LogP contribution is 2.17. The molecule has 0 aliphatic rings. The molecule has 0 aromatic heterocycles. The van der Waals surface area contributed by atoms with Crippen molar-refractivity contribution in [3.63, 3.8) is 0 Å². The number of para-hydroxylation sites is 1. The molecule has 0 heterocycles. The normalized spacial score (nSPS) is 12.3. The number of rotatable bonds is 19. The van der Waals surface area contributed by atoms with E-state index in [-0.39, 0.29) is 5.92 Å². The van der Waals surface area contributed by atoms with Crippen molar-refractivity contribution in [1.82, 2.24) is 0 Å². The van der Waals surface area contributed by atoms with Crippen LogP contribution in [0.25, 0.3) is 0 Å². The molecular weight excluding hydrogens is 360 g/mol. The van der Waals surface area contributed by atoms with Gasteiger partial charge in [-0.3, -0.25) is 4.79 Å². The molecule has 1 atom stereocenters. The molecule has 1 aromatic carbocycles. The summed E-state index contributed by atoms with van der Waals surface area (Å²) in [4.78, 5) is 11.4. The van der Waals surface area contributed by atoms with Crippen LogP contribution in [0.15, 0.2) is 42.5 Å². The molecule has 164 valence electrons. The Hall–Kier alpha value is -1.77. The lowest BCUT2D eigenvalue weighted by molar-refractivity contribution is -0.142. The van der Waals surface area contributed by atoms with Gasteiger partial charge in [0.15, 0.2) is 0 Å². The van der Waals surface area contributed by atoms with Crippen LogP contribution in [0.3, 0.4) is 0 Å². The van der Waals surface area contributed by atoms with Crippen LogP contribution in [0.1, 0.15) is 96.8 Å². The fourth-order valence-electron chi connectivity index (χ4n) is 3.51. The summed E-state index contributed by atoms with van der Waals surface area (Å²) in [6.07, 6.45) is 21.0. The number of ether oxygens (including phenoxy) is 1. The molecular formula is C26H42O3. The molecule has 0 spiro atoms. The summed E-state index contributed by atoms with van der Waals surface area (Å²) in [5, 5.41) is 9.41. The van der Waals surface area contributed by atoms with Gasteiger partial charge in [0.2, 0.25) is 0 Å². The number of carboxylic acids is 1. The number of carboxylic acid groups (broad SMARTS) is 1. The average molecular weight is 403 g/mol. The summed E-state index contributed by atoms with van der Waals surface area (Å²) in [6, 6.07) is 9.59. The molecule has 0 saturated carbocycles. The van der Waals surface area contributed by atoms with Crippen LogP contribution in [0, 0.1) is 5.92 Å². The SMILES string of the molecule is CCCCCCCC/C=C\CCCCCCC(CCOc1ccccc1)C(=O)O. The van der Waals surface area contributed by atoms with Gasteiger partial charge in [-0.1, -0.05) is 88.6 Å². The minimum absolute atomic E-state index is 0.295. The zero-order valence-corrected chi connectivity index (χ0v) is 18.5. The number of aliphatic carboxylic acids is 1. The van der Waals surface area contributed by atoms with Crippen molar-refractivity contribution in [3.05, 3.63) is 42.5 Å². The van der Waals surface area contributed by atoms with E-state index in [0.29, 0.717) is 13.0 Å². The Morgan fingerprint density at radius 1 is 0.862 bits per heavy atom. The summed E-state index contributed by atoms with van der Waals surface area (Å²) >= 11 is 0. The topological polar surface area (TPSA) is 46.5 Å². The second-order valence-electron chi connectivity index (χ2n) is 8.00. The van der Waals surface area contributed by atoms with Crippen LogP contribution in [-0.2, 0) is 4.79 Å². The standard InChI is InChI=1S/C26H42O3/c1-2-3-4-5-6-7-8-9-10-11-12-13-14-16-19-24(26(27)28)22-23-29-25-20-17-15-18-21-25/h9-10,15,17-18,20-21,24H,2-8,11-14,16,19,22-23H2,1H3,(H,27,28)/b10-9-. The van der Waals surface area contributed by atoms with Crippen LogP contribution in [0.2, 0.25) is 0 Å². The second kappa shape index (κ2) is 18.3. The number of hydrogen-bond acceptors (Lipinski definition) is 2. The minimum Gasteiger partial charge on any atom is -0.494 e. The van der Waals surface area contributed by atoms with Crippen LogP contribution in [0.5, 0.6) is 5.75 Å². The monoisotopic (exact) mass is 402 g/mol. The molecule has 1 N–H and O–H groups in total. The highest BCUT2D eigenvalue weighted by Gasteiger charge is 2.16. The largest absolute Gasteiger partial charge is 0.494 e. The molecule has 3 heteroatoms.